The zero-order valence-corrected chi connectivity index (χ0v) is 20.1. The lowest BCUT2D eigenvalue weighted by Gasteiger charge is -2.33. The van der Waals surface area contributed by atoms with Crippen LogP contribution in [0.4, 0.5) is 5.69 Å². The summed E-state index contributed by atoms with van der Waals surface area (Å²) >= 11 is 6.15. The smallest absolute Gasteiger partial charge is 0.243 e. The molecule has 32 heavy (non-hydrogen) atoms. The molecule has 3 rings (SSSR count). The Bertz CT molecular complexity index is 1070. The average molecular weight is 481 g/mol. The van der Waals surface area contributed by atoms with Crippen molar-refractivity contribution in [3.63, 3.8) is 0 Å². The summed E-state index contributed by atoms with van der Waals surface area (Å²) < 4.78 is 39.0. The van der Waals surface area contributed by atoms with Gasteiger partial charge in [0, 0.05) is 22.8 Å². The lowest BCUT2D eigenvalue weighted by molar-refractivity contribution is -0.116. The molecule has 1 amide bonds. The second-order valence-corrected chi connectivity index (χ2v) is 10.2. The number of anilines is 1. The van der Waals surface area contributed by atoms with Crippen LogP contribution in [-0.2, 0) is 14.8 Å². The molecule has 7 nitrogen and oxygen atoms in total. The van der Waals surface area contributed by atoms with E-state index in [0.717, 1.165) is 37.7 Å². The van der Waals surface area contributed by atoms with Gasteiger partial charge in [-0.1, -0.05) is 36.9 Å². The normalized spacial score (nSPS) is 14.9. The second kappa shape index (κ2) is 10.6. The van der Waals surface area contributed by atoms with Crippen LogP contribution in [0.25, 0.3) is 0 Å². The van der Waals surface area contributed by atoms with Crippen LogP contribution in [0, 0.1) is 6.92 Å². The third-order valence-corrected chi connectivity index (χ3v) is 8.00. The number of carbonyl (C=O) groups is 1. The molecule has 0 bridgehead atoms. The molecule has 2 aromatic rings. The van der Waals surface area contributed by atoms with Crippen LogP contribution < -0.4 is 14.8 Å². The zero-order valence-electron chi connectivity index (χ0n) is 18.6. The maximum Gasteiger partial charge on any atom is 0.243 e. The standard InChI is InChI=1S/C23H29ClN2O5S/c1-16-9-10-17(13-20(16)24)25-23(27)15-26(18-7-5-4-6-8-18)32(28,29)19-11-12-21(30-2)22(14-19)31-3/h9-14,18H,4-8,15H2,1-3H3,(H,25,27). The van der Waals surface area contributed by atoms with E-state index >= 15 is 0 Å². The van der Waals surface area contributed by atoms with E-state index in [0.29, 0.717) is 22.2 Å². The molecule has 1 saturated carbocycles. The van der Waals surface area contributed by atoms with Gasteiger partial charge in [-0.25, -0.2) is 8.42 Å². The maximum atomic E-state index is 13.6. The van der Waals surface area contributed by atoms with Crippen LogP contribution in [0.3, 0.4) is 0 Å². The number of sulfonamides is 1. The average Bonchev–Trinajstić information content (AvgIpc) is 2.79. The first-order valence-electron chi connectivity index (χ1n) is 10.6. The molecule has 1 aliphatic carbocycles. The van der Waals surface area contributed by atoms with Crippen LogP contribution >= 0.6 is 11.6 Å². The van der Waals surface area contributed by atoms with E-state index in [9.17, 15) is 13.2 Å². The van der Waals surface area contributed by atoms with Gasteiger partial charge in [0.15, 0.2) is 11.5 Å². The molecule has 0 spiro atoms. The van der Waals surface area contributed by atoms with Crippen molar-refractivity contribution in [3.8, 4) is 11.5 Å². The van der Waals surface area contributed by atoms with Gasteiger partial charge in [0.2, 0.25) is 15.9 Å². The maximum absolute atomic E-state index is 13.6. The number of nitrogens with one attached hydrogen (secondary N) is 1. The monoisotopic (exact) mass is 480 g/mol. The molecule has 1 N–H and O–H groups in total. The highest BCUT2D eigenvalue weighted by Crippen LogP contribution is 2.33. The topological polar surface area (TPSA) is 84.9 Å². The fourth-order valence-corrected chi connectivity index (χ4v) is 5.74. The van der Waals surface area contributed by atoms with Gasteiger partial charge in [-0.3, -0.25) is 4.79 Å². The molecule has 0 aliphatic heterocycles. The van der Waals surface area contributed by atoms with E-state index in [2.05, 4.69) is 5.32 Å². The second-order valence-electron chi connectivity index (χ2n) is 7.87. The van der Waals surface area contributed by atoms with Crippen molar-refractivity contribution in [2.75, 3.05) is 26.1 Å². The molecule has 174 valence electrons. The Hall–Kier alpha value is -2.29. The molecule has 0 saturated heterocycles. The third-order valence-electron chi connectivity index (χ3n) is 5.70. The van der Waals surface area contributed by atoms with E-state index in [4.69, 9.17) is 21.1 Å². The van der Waals surface area contributed by atoms with Gasteiger partial charge in [-0.15, -0.1) is 0 Å². The van der Waals surface area contributed by atoms with E-state index < -0.39 is 15.9 Å². The number of aryl methyl sites for hydroxylation is 1. The summed E-state index contributed by atoms with van der Waals surface area (Å²) in [4.78, 5) is 12.9. The molecule has 0 atom stereocenters. The van der Waals surface area contributed by atoms with Crippen molar-refractivity contribution in [2.24, 2.45) is 0 Å². The number of methoxy groups -OCH3 is 2. The number of rotatable bonds is 8. The minimum absolute atomic E-state index is 0.0619. The molecule has 9 heteroatoms. The Kier molecular flexibility index (Phi) is 8.03. The van der Waals surface area contributed by atoms with Gasteiger partial charge < -0.3 is 14.8 Å². The van der Waals surface area contributed by atoms with Crippen molar-refractivity contribution >= 4 is 33.2 Å². The first-order chi connectivity index (χ1) is 15.3. The molecule has 0 radical (unpaired) electrons. The number of carbonyl (C=O) groups excluding carboxylic acids is 1. The molecule has 2 aromatic carbocycles. The lowest BCUT2D eigenvalue weighted by atomic mass is 9.95. The summed E-state index contributed by atoms with van der Waals surface area (Å²) in [6.07, 6.45) is 4.36. The van der Waals surface area contributed by atoms with Gasteiger partial charge in [-0.2, -0.15) is 4.31 Å². The Morgan fingerprint density at radius 3 is 2.38 bits per heavy atom. The third kappa shape index (κ3) is 5.54. The highest BCUT2D eigenvalue weighted by Gasteiger charge is 2.34. The predicted molar refractivity (Wildman–Crippen MR) is 125 cm³/mol. The minimum atomic E-state index is -3.95. The predicted octanol–water partition coefficient (Wildman–Crippen LogP) is 4.63. The fourth-order valence-electron chi connectivity index (χ4n) is 3.90. The quantitative estimate of drug-likeness (QED) is 0.595. The fraction of sp³-hybridized carbons (Fsp3) is 0.435. The van der Waals surface area contributed by atoms with Crippen molar-refractivity contribution in [3.05, 3.63) is 47.0 Å². The van der Waals surface area contributed by atoms with Crippen molar-refractivity contribution in [1.29, 1.82) is 0 Å². The summed E-state index contributed by atoms with van der Waals surface area (Å²) in [7, 11) is -1.01. The van der Waals surface area contributed by atoms with Gasteiger partial charge >= 0.3 is 0 Å². The molecular weight excluding hydrogens is 452 g/mol. The lowest BCUT2D eigenvalue weighted by Crippen LogP contribution is -2.45. The highest BCUT2D eigenvalue weighted by molar-refractivity contribution is 7.89. The van der Waals surface area contributed by atoms with E-state index in [1.807, 2.05) is 6.92 Å². The summed E-state index contributed by atoms with van der Waals surface area (Å²) in [5.74, 6) is 0.333. The van der Waals surface area contributed by atoms with Crippen LogP contribution in [0.5, 0.6) is 11.5 Å². The molecule has 0 unspecified atom stereocenters. The number of hydrogen-bond acceptors (Lipinski definition) is 5. The Balaban J connectivity index is 1.89. The number of hydrogen-bond donors (Lipinski definition) is 1. The van der Waals surface area contributed by atoms with E-state index in [1.165, 1.54) is 30.7 Å². The van der Waals surface area contributed by atoms with Crippen LogP contribution in [0.1, 0.15) is 37.7 Å². The summed E-state index contributed by atoms with van der Waals surface area (Å²) in [5.41, 5.74) is 1.42. The summed E-state index contributed by atoms with van der Waals surface area (Å²) in [6, 6.07) is 9.42. The highest BCUT2D eigenvalue weighted by atomic mass is 35.5. The summed E-state index contributed by atoms with van der Waals surface area (Å²) in [5, 5.41) is 3.30. The Labute approximate surface area is 194 Å². The van der Waals surface area contributed by atoms with Crippen molar-refractivity contribution in [2.45, 2.75) is 50.0 Å². The SMILES string of the molecule is COc1ccc(S(=O)(=O)N(CC(=O)Nc2ccc(C)c(Cl)c2)C2CCCCC2)cc1OC. The Morgan fingerprint density at radius 2 is 1.75 bits per heavy atom. The van der Waals surface area contributed by atoms with E-state index in [1.54, 1.807) is 24.3 Å². The van der Waals surface area contributed by atoms with Gasteiger partial charge in [0.1, 0.15) is 0 Å². The van der Waals surface area contributed by atoms with Crippen LogP contribution in [0.2, 0.25) is 5.02 Å². The van der Waals surface area contributed by atoms with Crippen molar-refractivity contribution < 1.29 is 22.7 Å². The molecule has 0 heterocycles. The molecule has 1 aliphatic rings. The number of nitrogens with zero attached hydrogens (tertiary/aromatic N) is 1. The van der Waals surface area contributed by atoms with Crippen LogP contribution in [-0.4, -0.2) is 45.4 Å². The summed E-state index contributed by atoms with van der Waals surface area (Å²) in [6.45, 7) is 1.58. The number of ether oxygens (including phenoxy) is 2. The Morgan fingerprint density at radius 1 is 1.06 bits per heavy atom. The first-order valence-corrected chi connectivity index (χ1v) is 12.4. The number of halogens is 1. The number of amides is 1. The van der Waals surface area contributed by atoms with Gasteiger partial charge in [0.25, 0.3) is 0 Å². The first kappa shape index (κ1) is 24.4. The minimum Gasteiger partial charge on any atom is -0.493 e. The van der Waals surface area contributed by atoms with E-state index in [-0.39, 0.29) is 17.5 Å². The molecule has 1 fully saturated rings. The molecule has 0 aromatic heterocycles. The van der Waals surface area contributed by atoms with Gasteiger partial charge in [0.05, 0.1) is 25.7 Å². The largest absolute Gasteiger partial charge is 0.493 e. The zero-order chi connectivity index (χ0) is 23.3. The number of benzene rings is 2. The molecular formula is C23H29ClN2O5S. The van der Waals surface area contributed by atoms with Crippen LogP contribution in [0.15, 0.2) is 41.3 Å². The van der Waals surface area contributed by atoms with Crippen molar-refractivity contribution in [1.82, 2.24) is 4.31 Å². The van der Waals surface area contributed by atoms with Gasteiger partial charge in [-0.05, 0) is 49.6 Å².